The van der Waals surface area contributed by atoms with Crippen LogP contribution in [0.2, 0.25) is 5.02 Å². The molecule has 1 aromatic heterocycles. The third-order valence-corrected chi connectivity index (χ3v) is 7.34. The van der Waals surface area contributed by atoms with Crippen molar-refractivity contribution in [3.63, 3.8) is 0 Å². The first-order valence-electron chi connectivity index (χ1n) is 10.4. The second-order valence-corrected chi connectivity index (χ2v) is 10.2. The summed E-state index contributed by atoms with van der Waals surface area (Å²) in [5.41, 5.74) is 4.72. The van der Waals surface area contributed by atoms with Gasteiger partial charge in [-0.1, -0.05) is 17.7 Å². The van der Waals surface area contributed by atoms with Gasteiger partial charge in [-0.2, -0.15) is 5.10 Å². The summed E-state index contributed by atoms with van der Waals surface area (Å²) in [7, 11) is -3.75. The van der Waals surface area contributed by atoms with Crippen molar-refractivity contribution in [2.45, 2.75) is 51.0 Å². The molecular weight excluding hydrogens is 448 g/mol. The van der Waals surface area contributed by atoms with Crippen molar-refractivity contribution in [1.82, 2.24) is 9.78 Å². The normalized spacial score (nSPS) is 14.1. The fourth-order valence-electron chi connectivity index (χ4n) is 4.00. The summed E-state index contributed by atoms with van der Waals surface area (Å²) in [6.45, 7) is 5.51. The zero-order chi connectivity index (χ0) is 23.0. The molecule has 0 saturated carbocycles. The van der Waals surface area contributed by atoms with Crippen LogP contribution in [0.4, 0.5) is 11.4 Å². The highest BCUT2D eigenvalue weighted by Gasteiger charge is 2.21. The van der Waals surface area contributed by atoms with Gasteiger partial charge >= 0.3 is 0 Å². The van der Waals surface area contributed by atoms with E-state index in [0.29, 0.717) is 11.4 Å². The molecule has 1 aliphatic carbocycles. The maximum atomic E-state index is 12.8. The Balaban J connectivity index is 1.48. The molecule has 7 nitrogen and oxygen atoms in total. The summed E-state index contributed by atoms with van der Waals surface area (Å²) < 4.78 is 29.9. The van der Waals surface area contributed by atoms with Crippen LogP contribution in [0.5, 0.6) is 0 Å². The van der Waals surface area contributed by atoms with E-state index in [-0.39, 0.29) is 15.8 Å². The first-order chi connectivity index (χ1) is 15.1. The number of hydrogen-bond donors (Lipinski definition) is 2. The van der Waals surface area contributed by atoms with Gasteiger partial charge < -0.3 is 5.32 Å². The van der Waals surface area contributed by atoms with Crippen molar-refractivity contribution in [3.05, 3.63) is 70.0 Å². The molecule has 168 valence electrons. The van der Waals surface area contributed by atoms with Crippen LogP contribution >= 0.6 is 11.6 Å². The number of nitrogens with zero attached hydrogens (tertiary/aromatic N) is 2. The number of carbonyl (C=O) groups is 1. The summed E-state index contributed by atoms with van der Waals surface area (Å²) in [6.07, 6.45) is 2.94. The Morgan fingerprint density at radius 1 is 1.09 bits per heavy atom. The Hall–Kier alpha value is -2.84. The summed E-state index contributed by atoms with van der Waals surface area (Å²) in [5, 5.41) is 7.36. The largest absolute Gasteiger partial charge is 0.323 e. The lowest BCUT2D eigenvalue weighted by Crippen LogP contribution is -2.25. The topological polar surface area (TPSA) is 93.1 Å². The van der Waals surface area contributed by atoms with Crippen LogP contribution in [0, 0.1) is 13.8 Å². The molecule has 9 heteroatoms. The molecule has 1 heterocycles. The molecule has 0 fully saturated rings. The fraction of sp³-hybridized carbons (Fsp3) is 0.304. The predicted octanol–water partition coefficient (Wildman–Crippen LogP) is 4.64. The molecule has 0 aliphatic heterocycles. The first kappa shape index (κ1) is 22.4. The molecule has 1 amide bonds. The van der Waals surface area contributed by atoms with E-state index in [1.807, 2.05) is 26.0 Å². The van der Waals surface area contributed by atoms with Gasteiger partial charge in [0.25, 0.3) is 10.0 Å². The van der Waals surface area contributed by atoms with Crippen molar-refractivity contribution in [2.24, 2.45) is 0 Å². The Morgan fingerprint density at radius 3 is 2.53 bits per heavy atom. The number of hydrogen-bond acceptors (Lipinski definition) is 4. The molecule has 1 aliphatic rings. The zero-order valence-electron chi connectivity index (χ0n) is 18.1. The number of halogens is 1. The van der Waals surface area contributed by atoms with Gasteiger partial charge in [0, 0.05) is 5.69 Å². The summed E-state index contributed by atoms with van der Waals surface area (Å²) >= 11 is 6.34. The van der Waals surface area contributed by atoms with Gasteiger partial charge in [-0.05, 0) is 87.6 Å². The van der Waals surface area contributed by atoms with E-state index < -0.39 is 16.1 Å². The Labute approximate surface area is 192 Å². The minimum absolute atomic E-state index is 0.227. The number of carbonyl (C=O) groups excluding carboxylic acids is 1. The predicted molar refractivity (Wildman–Crippen MR) is 126 cm³/mol. The SMILES string of the molecule is Cc1cc(C)n(C(C)C(=O)Nc2ccc(NS(=O)(=O)c3ccc4c(c3)CCC4)cc2Cl)n1. The van der Waals surface area contributed by atoms with Crippen LogP contribution in [0.15, 0.2) is 47.4 Å². The average molecular weight is 473 g/mol. The lowest BCUT2D eigenvalue weighted by atomic mass is 10.1. The van der Waals surface area contributed by atoms with Gasteiger partial charge in [0.15, 0.2) is 0 Å². The number of sulfonamides is 1. The maximum Gasteiger partial charge on any atom is 0.261 e. The Morgan fingerprint density at radius 2 is 1.84 bits per heavy atom. The number of amides is 1. The highest BCUT2D eigenvalue weighted by Crippen LogP contribution is 2.29. The highest BCUT2D eigenvalue weighted by atomic mass is 35.5. The number of benzene rings is 2. The average Bonchev–Trinajstić information content (AvgIpc) is 3.34. The van der Waals surface area contributed by atoms with Gasteiger partial charge in [-0.25, -0.2) is 8.42 Å². The highest BCUT2D eigenvalue weighted by molar-refractivity contribution is 7.92. The molecule has 3 aromatic rings. The van der Waals surface area contributed by atoms with Crippen molar-refractivity contribution in [3.8, 4) is 0 Å². The van der Waals surface area contributed by atoms with Crippen LogP contribution in [0.1, 0.15) is 41.9 Å². The number of anilines is 2. The fourth-order valence-corrected chi connectivity index (χ4v) is 5.32. The number of fused-ring (bicyclic) bond motifs is 1. The van der Waals surface area contributed by atoms with Crippen molar-refractivity contribution >= 4 is 38.9 Å². The van der Waals surface area contributed by atoms with Crippen LogP contribution in [-0.2, 0) is 27.7 Å². The molecule has 0 bridgehead atoms. The monoisotopic (exact) mass is 472 g/mol. The summed E-state index contributed by atoms with van der Waals surface area (Å²) in [5.74, 6) is -0.274. The maximum absolute atomic E-state index is 12.8. The molecule has 1 unspecified atom stereocenters. The number of rotatable bonds is 6. The van der Waals surface area contributed by atoms with Crippen LogP contribution < -0.4 is 10.0 Å². The van der Waals surface area contributed by atoms with Crippen molar-refractivity contribution < 1.29 is 13.2 Å². The minimum Gasteiger partial charge on any atom is -0.323 e. The number of aromatic nitrogens is 2. The number of aryl methyl sites for hydroxylation is 4. The van der Waals surface area contributed by atoms with Crippen molar-refractivity contribution in [2.75, 3.05) is 10.0 Å². The van der Waals surface area contributed by atoms with Gasteiger partial charge in [0.1, 0.15) is 6.04 Å². The molecule has 32 heavy (non-hydrogen) atoms. The van der Waals surface area contributed by atoms with E-state index in [1.54, 1.807) is 35.9 Å². The van der Waals surface area contributed by atoms with Crippen molar-refractivity contribution in [1.29, 1.82) is 0 Å². The van der Waals surface area contributed by atoms with E-state index in [4.69, 9.17) is 11.6 Å². The second kappa shape index (κ2) is 8.60. The van der Waals surface area contributed by atoms with E-state index >= 15 is 0 Å². The van der Waals surface area contributed by atoms with E-state index in [1.165, 1.54) is 11.6 Å². The van der Waals surface area contributed by atoms with E-state index in [0.717, 1.165) is 36.2 Å². The molecule has 4 rings (SSSR count). The Kier molecular flexibility index (Phi) is 6.01. The quantitative estimate of drug-likeness (QED) is 0.546. The smallest absolute Gasteiger partial charge is 0.261 e. The van der Waals surface area contributed by atoms with Crippen LogP contribution in [-0.4, -0.2) is 24.1 Å². The zero-order valence-corrected chi connectivity index (χ0v) is 19.7. The third-order valence-electron chi connectivity index (χ3n) is 5.65. The van der Waals surface area contributed by atoms with Gasteiger partial charge in [-0.15, -0.1) is 0 Å². The van der Waals surface area contributed by atoms with Gasteiger partial charge in [0.05, 0.1) is 27.0 Å². The van der Waals surface area contributed by atoms with Gasteiger partial charge in [-0.3, -0.25) is 14.2 Å². The minimum atomic E-state index is -3.75. The third kappa shape index (κ3) is 4.52. The standard InChI is InChI=1S/C23H25ClN4O3S/c1-14-11-15(2)28(26-14)16(3)23(29)25-22-10-8-19(13-21(22)24)27-32(30,31)20-9-7-17-5-4-6-18(17)12-20/h7-13,16,27H,4-6H2,1-3H3,(H,25,29). The summed E-state index contributed by atoms with van der Waals surface area (Å²) in [4.78, 5) is 12.9. The lowest BCUT2D eigenvalue weighted by Gasteiger charge is -2.16. The van der Waals surface area contributed by atoms with Gasteiger partial charge in [0.2, 0.25) is 5.91 Å². The molecule has 1 atom stereocenters. The number of nitrogens with one attached hydrogen (secondary N) is 2. The second-order valence-electron chi connectivity index (χ2n) is 8.12. The first-order valence-corrected chi connectivity index (χ1v) is 12.3. The van der Waals surface area contributed by atoms with E-state index in [9.17, 15) is 13.2 Å². The van der Waals surface area contributed by atoms with E-state index in [2.05, 4.69) is 15.1 Å². The molecule has 2 N–H and O–H groups in total. The molecule has 2 aromatic carbocycles. The molecule has 0 saturated heterocycles. The molecular formula is C23H25ClN4O3S. The lowest BCUT2D eigenvalue weighted by molar-refractivity contribution is -0.119. The summed E-state index contributed by atoms with van der Waals surface area (Å²) in [6, 6.07) is 11.2. The van der Waals surface area contributed by atoms with Crippen LogP contribution in [0.3, 0.4) is 0 Å². The van der Waals surface area contributed by atoms with Crippen LogP contribution in [0.25, 0.3) is 0 Å². The Bertz CT molecular complexity index is 1300. The molecule has 0 radical (unpaired) electrons. The molecule has 0 spiro atoms.